The van der Waals surface area contributed by atoms with Crippen LogP contribution in [-0.4, -0.2) is 47.4 Å². The van der Waals surface area contributed by atoms with E-state index >= 15 is 0 Å². The number of aliphatic hydroxyl groups is 2. The van der Waals surface area contributed by atoms with E-state index in [-0.39, 0.29) is 18.5 Å². The first-order valence-electron chi connectivity index (χ1n) is 31.3. The van der Waals surface area contributed by atoms with E-state index in [9.17, 15) is 19.8 Å². The van der Waals surface area contributed by atoms with E-state index < -0.39 is 12.1 Å². The van der Waals surface area contributed by atoms with Crippen molar-refractivity contribution in [1.82, 2.24) is 5.32 Å². The van der Waals surface area contributed by atoms with Crippen LogP contribution < -0.4 is 5.32 Å². The van der Waals surface area contributed by atoms with Gasteiger partial charge in [-0.05, 0) is 25.7 Å². The second-order valence-corrected chi connectivity index (χ2v) is 21.8. The summed E-state index contributed by atoms with van der Waals surface area (Å²) in [5, 5.41) is 23.4. The average molecular weight is 963 g/mol. The van der Waals surface area contributed by atoms with Gasteiger partial charge in [0.25, 0.3) is 0 Å². The van der Waals surface area contributed by atoms with Gasteiger partial charge < -0.3 is 20.3 Å². The van der Waals surface area contributed by atoms with Crippen LogP contribution in [0.2, 0.25) is 0 Å². The van der Waals surface area contributed by atoms with E-state index in [1.165, 1.54) is 289 Å². The molecule has 0 heterocycles. The van der Waals surface area contributed by atoms with Crippen molar-refractivity contribution >= 4 is 11.9 Å². The second kappa shape index (κ2) is 58.4. The smallest absolute Gasteiger partial charge is 0.305 e. The van der Waals surface area contributed by atoms with Crippen LogP contribution >= 0.6 is 0 Å². The highest BCUT2D eigenvalue weighted by molar-refractivity contribution is 5.76. The summed E-state index contributed by atoms with van der Waals surface area (Å²) in [4.78, 5) is 24.5. The molecule has 406 valence electrons. The van der Waals surface area contributed by atoms with Crippen molar-refractivity contribution in [2.75, 3.05) is 13.2 Å². The summed E-state index contributed by atoms with van der Waals surface area (Å²) in [5.74, 6) is -0.0217. The van der Waals surface area contributed by atoms with Gasteiger partial charge in [-0.2, -0.15) is 0 Å². The number of aliphatic hydroxyl groups excluding tert-OH is 2. The predicted octanol–water partition coefficient (Wildman–Crippen LogP) is 19.5. The number of nitrogens with one attached hydrogen (secondary N) is 1. The summed E-state index contributed by atoms with van der Waals surface area (Å²) >= 11 is 0. The number of esters is 1. The summed E-state index contributed by atoms with van der Waals surface area (Å²) in [5.41, 5.74) is 0. The summed E-state index contributed by atoms with van der Waals surface area (Å²) in [6, 6.07) is -0.543. The summed E-state index contributed by atoms with van der Waals surface area (Å²) in [6.45, 7) is 4.98. The lowest BCUT2D eigenvalue weighted by atomic mass is 10.0. The molecule has 0 saturated heterocycles. The zero-order valence-electron chi connectivity index (χ0n) is 46.4. The molecule has 6 nitrogen and oxygen atoms in total. The van der Waals surface area contributed by atoms with Crippen molar-refractivity contribution in [1.29, 1.82) is 0 Å². The molecular formula is C62H123NO5. The van der Waals surface area contributed by atoms with Crippen LogP contribution in [0.25, 0.3) is 0 Å². The normalized spacial score (nSPS) is 12.5. The number of ether oxygens (including phenoxy) is 1. The molecule has 0 rings (SSSR count). The van der Waals surface area contributed by atoms with Crippen LogP contribution in [0.15, 0.2) is 0 Å². The average Bonchev–Trinajstić information content (AvgIpc) is 3.34. The number of carbonyl (C=O) groups excluding carboxylic acids is 2. The standard InChI is InChI=1S/C62H123NO5/c1-3-5-7-9-11-13-15-17-18-19-21-24-27-31-34-38-42-46-50-54-60(65)59(58-64)63-61(66)55-51-47-43-39-35-32-28-25-22-20-23-26-29-33-37-41-45-49-53-57-68-62(67)56-52-48-44-40-36-30-16-14-12-10-8-6-4-2/h59-60,64-65H,3-58H2,1-2H3,(H,63,66). The number of rotatable bonds is 59. The molecule has 1 amide bonds. The van der Waals surface area contributed by atoms with Gasteiger partial charge in [0.2, 0.25) is 5.91 Å². The highest BCUT2D eigenvalue weighted by Gasteiger charge is 2.20. The van der Waals surface area contributed by atoms with Gasteiger partial charge in [0.1, 0.15) is 0 Å². The lowest BCUT2D eigenvalue weighted by Gasteiger charge is -2.22. The van der Waals surface area contributed by atoms with E-state index in [2.05, 4.69) is 19.2 Å². The Hall–Kier alpha value is -1.14. The van der Waals surface area contributed by atoms with Crippen molar-refractivity contribution < 1.29 is 24.5 Å². The Labute approximate surface area is 426 Å². The van der Waals surface area contributed by atoms with Crippen molar-refractivity contribution in [2.45, 2.75) is 373 Å². The lowest BCUT2D eigenvalue weighted by molar-refractivity contribution is -0.143. The first-order chi connectivity index (χ1) is 33.5. The number of hydrogen-bond acceptors (Lipinski definition) is 5. The molecule has 2 unspecified atom stereocenters. The highest BCUT2D eigenvalue weighted by atomic mass is 16.5. The van der Waals surface area contributed by atoms with Gasteiger partial charge in [0.05, 0.1) is 25.4 Å². The van der Waals surface area contributed by atoms with Crippen LogP contribution in [0.3, 0.4) is 0 Å². The van der Waals surface area contributed by atoms with Crippen LogP contribution in [0, 0.1) is 0 Å². The largest absolute Gasteiger partial charge is 0.466 e. The third-order valence-electron chi connectivity index (χ3n) is 14.9. The maximum atomic E-state index is 12.5. The SMILES string of the molecule is CCCCCCCCCCCCCCCCCCCCCC(O)C(CO)NC(=O)CCCCCCCCCCCCCCCCCCCCCOC(=O)CCCCCCCCCCCCCCC. The molecule has 2 atom stereocenters. The maximum absolute atomic E-state index is 12.5. The quantitative estimate of drug-likeness (QED) is 0.0417. The molecule has 0 bridgehead atoms. The van der Waals surface area contributed by atoms with Gasteiger partial charge in [0.15, 0.2) is 0 Å². The summed E-state index contributed by atoms with van der Waals surface area (Å²) < 4.78 is 5.48. The van der Waals surface area contributed by atoms with E-state index in [0.29, 0.717) is 25.9 Å². The fourth-order valence-electron chi connectivity index (χ4n) is 10.1. The first-order valence-corrected chi connectivity index (χ1v) is 31.3. The molecule has 0 radical (unpaired) electrons. The number of hydrogen-bond donors (Lipinski definition) is 3. The number of carbonyl (C=O) groups is 2. The van der Waals surface area contributed by atoms with E-state index in [4.69, 9.17) is 4.74 Å². The van der Waals surface area contributed by atoms with Crippen LogP contribution in [-0.2, 0) is 14.3 Å². The molecular weight excluding hydrogens is 839 g/mol. The molecule has 3 N–H and O–H groups in total. The molecule has 68 heavy (non-hydrogen) atoms. The van der Waals surface area contributed by atoms with Gasteiger partial charge in [0, 0.05) is 12.8 Å². The van der Waals surface area contributed by atoms with Gasteiger partial charge in [-0.25, -0.2) is 0 Å². The van der Waals surface area contributed by atoms with Gasteiger partial charge >= 0.3 is 5.97 Å². The minimum atomic E-state index is -0.665. The fraction of sp³-hybridized carbons (Fsp3) is 0.968. The Morgan fingerprint density at radius 2 is 0.603 bits per heavy atom. The predicted molar refractivity (Wildman–Crippen MR) is 297 cm³/mol. The van der Waals surface area contributed by atoms with Crippen molar-refractivity contribution in [3.63, 3.8) is 0 Å². The molecule has 0 aromatic rings. The Morgan fingerprint density at radius 3 is 0.897 bits per heavy atom. The molecule has 0 aliphatic heterocycles. The monoisotopic (exact) mass is 962 g/mol. The number of amides is 1. The van der Waals surface area contributed by atoms with E-state index in [0.717, 1.165) is 38.5 Å². The van der Waals surface area contributed by atoms with E-state index in [1.54, 1.807) is 0 Å². The molecule has 0 aromatic carbocycles. The fourth-order valence-corrected chi connectivity index (χ4v) is 10.1. The van der Waals surface area contributed by atoms with Gasteiger partial charge in [-0.15, -0.1) is 0 Å². The molecule has 0 fully saturated rings. The molecule has 0 aliphatic rings. The maximum Gasteiger partial charge on any atom is 0.305 e. The van der Waals surface area contributed by atoms with Crippen molar-refractivity contribution in [2.24, 2.45) is 0 Å². The van der Waals surface area contributed by atoms with E-state index in [1.807, 2.05) is 0 Å². The molecule has 6 heteroatoms. The Kier molecular flexibility index (Phi) is 57.5. The van der Waals surface area contributed by atoms with Crippen LogP contribution in [0.4, 0.5) is 0 Å². The second-order valence-electron chi connectivity index (χ2n) is 21.8. The van der Waals surface area contributed by atoms with Crippen molar-refractivity contribution in [3.05, 3.63) is 0 Å². The highest BCUT2D eigenvalue weighted by Crippen LogP contribution is 2.19. The van der Waals surface area contributed by atoms with Gasteiger partial charge in [-0.1, -0.05) is 322 Å². The zero-order valence-corrected chi connectivity index (χ0v) is 46.4. The zero-order chi connectivity index (χ0) is 49.3. The van der Waals surface area contributed by atoms with Gasteiger partial charge in [-0.3, -0.25) is 9.59 Å². The third kappa shape index (κ3) is 54.2. The molecule has 0 saturated carbocycles. The lowest BCUT2D eigenvalue weighted by Crippen LogP contribution is -2.45. The van der Waals surface area contributed by atoms with Crippen LogP contribution in [0.1, 0.15) is 361 Å². The Bertz CT molecular complexity index is 975. The van der Waals surface area contributed by atoms with Crippen molar-refractivity contribution in [3.8, 4) is 0 Å². The Morgan fingerprint density at radius 1 is 0.353 bits per heavy atom. The molecule has 0 aromatic heterocycles. The number of unbranched alkanes of at least 4 members (excludes halogenated alkanes) is 48. The third-order valence-corrected chi connectivity index (χ3v) is 14.9. The molecule has 0 aliphatic carbocycles. The topological polar surface area (TPSA) is 95.9 Å². The molecule has 0 spiro atoms. The summed E-state index contributed by atoms with van der Waals surface area (Å²) in [7, 11) is 0. The first kappa shape index (κ1) is 66.9. The Balaban J connectivity index is 3.39. The summed E-state index contributed by atoms with van der Waals surface area (Å²) in [6.07, 6.45) is 68.2. The minimum Gasteiger partial charge on any atom is -0.466 e. The minimum absolute atomic E-state index is 0.0118. The van der Waals surface area contributed by atoms with Crippen LogP contribution in [0.5, 0.6) is 0 Å².